The Morgan fingerprint density at radius 1 is 1.41 bits per heavy atom. The lowest BCUT2D eigenvalue weighted by atomic mass is 10.2. The third kappa shape index (κ3) is 7.26. The van der Waals surface area contributed by atoms with Gasteiger partial charge in [-0.3, -0.25) is 4.90 Å². The Bertz CT molecular complexity index is 817. The number of carboxylic acid groups (broad SMARTS) is 1. The first-order valence-corrected chi connectivity index (χ1v) is 10.1. The number of methoxy groups -OCH3 is 1. The molecular formula is C21H31FN4O5S. The number of nitrogens with zero attached hydrogens (tertiary/aromatic N) is 3. The molecule has 2 fully saturated rings. The van der Waals surface area contributed by atoms with E-state index in [1.54, 1.807) is 31.1 Å². The highest BCUT2D eigenvalue weighted by molar-refractivity contribution is 7.80. The zero-order valence-corrected chi connectivity index (χ0v) is 18.4. The highest BCUT2D eigenvalue weighted by Gasteiger charge is 2.33. The molecule has 2 amide bonds. The Morgan fingerprint density at radius 3 is 2.53 bits per heavy atom. The predicted octanol–water partition coefficient (Wildman–Crippen LogP) is 3.30. The molecule has 11 heteroatoms. The molecule has 2 N–H and O–H groups in total. The standard InChI is InChI=1S/C17H21FN4O4S.C3H6O.CH4/c1-11(27)19-9-13-10-22(17(25)26-13)12-2-3-15(14(18)8-12)20-4-6-21(7-5-20)16(23)24;1-3-4-2;/h2-3,8,13H,4-7,9-10H2,1H3,(H,19,27)(H,23,24);3H,1H2,2H3;1H4/t13-;;/m0../s1. The molecule has 2 aliphatic rings. The highest BCUT2D eigenvalue weighted by atomic mass is 32.1. The zero-order valence-electron chi connectivity index (χ0n) is 17.5. The fourth-order valence-corrected chi connectivity index (χ4v) is 3.24. The summed E-state index contributed by atoms with van der Waals surface area (Å²) in [6.07, 6.45) is -0.473. The maximum Gasteiger partial charge on any atom is 0.414 e. The lowest BCUT2D eigenvalue weighted by Crippen LogP contribution is -2.48. The molecule has 0 saturated carbocycles. The third-order valence-corrected chi connectivity index (χ3v) is 4.90. The molecule has 0 bridgehead atoms. The lowest BCUT2D eigenvalue weighted by Gasteiger charge is -2.34. The van der Waals surface area contributed by atoms with Crippen LogP contribution in [0.25, 0.3) is 0 Å². The van der Waals surface area contributed by atoms with E-state index in [1.807, 2.05) is 0 Å². The molecule has 2 heterocycles. The highest BCUT2D eigenvalue weighted by Crippen LogP contribution is 2.28. The van der Waals surface area contributed by atoms with Crippen molar-refractivity contribution in [1.82, 2.24) is 10.2 Å². The summed E-state index contributed by atoms with van der Waals surface area (Å²) in [6.45, 7) is 7.20. The number of carbonyl (C=O) groups excluding carboxylic acids is 1. The average Bonchev–Trinajstić information content (AvgIpc) is 3.13. The van der Waals surface area contributed by atoms with Crippen LogP contribution >= 0.6 is 12.2 Å². The summed E-state index contributed by atoms with van der Waals surface area (Å²) in [7, 11) is 1.56. The molecule has 0 aliphatic carbocycles. The van der Waals surface area contributed by atoms with Gasteiger partial charge in [0.1, 0.15) is 11.9 Å². The molecule has 178 valence electrons. The summed E-state index contributed by atoms with van der Waals surface area (Å²) in [6, 6.07) is 4.59. The first-order chi connectivity index (χ1) is 14.8. The van der Waals surface area contributed by atoms with Gasteiger partial charge in [-0.15, -0.1) is 0 Å². The minimum Gasteiger partial charge on any atom is -0.505 e. The van der Waals surface area contributed by atoms with E-state index >= 15 is 0 Å². The van der Waals surface area contributed by atoms with Crippen molar-refractivity contribution in [1.29, 1.82) is 0 Å². The lowest BCUT2D eigenvalue weighted by molar-refractivity contribution is 0.141. The Morgan fingerprint density at radius 2 is 2.03 bits per heavy atom. The number of piperazine rings is 1. The van der Waals surface area contributed by atoms with Crippen molar-refractivity contribution in [2.75, 3.05) is 56.2 Å². The first kappa shape index (κ1) is 27.0. The van der Waals surface area contributed by atoms with Crippen molar-refractivity contribution in [3.8, 4) is 0 Å². The number of cyclic esters (lactones) is 1. The van der Waals surface area contributed by atoms with Crippen LogP contribution in [0, 0.1) is 5.82 Å². The number of amides is 2. The van der Waals surface area contributed by atoms with Gasteiger partial charge in [-0.1, -0.05) is 26.2 Å². The van der Waals surface area contributed by atoms with Crippen LogP contribution in [0.3, 0.4) is 0 Å². The van der Waals surface area contributed by atoms with Gasteiger partial charge in [0.05, 0.1) is 42.8 Å². The van der Waals surface area contributed by atoms with E-state index in [0.717, 1.165) is 0 Å². The van der Waals surface area contributed by atoms with Crippen LogP contribution in [0.1, 0.15) is 14.4 Å². The second-order valence-electron chi connectivity index (χ2n) is 6.85. The SMILES string of the molecule is C.C=COC.CC(=S)NC[C@H]1CN(c2ccc(N3CCN(C(=O)O)CC3)c(F)c2)C(=O)O1. The number of benzene rings is 1. The van der Waals surface area contributed by atoms with E-state index in [2.05, 4.69) is 16.6 Å². The summed E-state index contributed by atoms with van der Waals surface area (Å²) in [5.41, 5.74) is 0.817. The zero-order chi connectivity index (χ0) is 23.0. The molecule has 1 aromatic rings. The minimum atomic E-state index is -0.967. The molecule has 32 heavy (non-hydrogen) atoms. The molecule has 3 rings (SSSR count). The summed E-state index contributed by atoms with van der Waals surface area (Å²) < 4.78 is 24.2. The fourth-order valence-electron chi connectivity index (χ4n) is 3.16. The van der Waals surface area contributed by atoms with Gasteiger partial charge in [0.2, 0.25) is 0 Å². The second-order valence-corrected chi connectivity index (χ2v) is 7.46. The summed E-state index contributed by atoms with van der Waals surface area (Å²) in [5.74, 6) is -0.458. The first-order valence-electron chi connectivity index (χ1n) is 9.65. The molecule has 1 aromatic carbocycles. The van der Waals surface area contributed by atoms with Crippen LogP contribution < -0.4 is 15.1 Å². The fraction of sp³-hybridized carbons (Fsp3) is 0.476. The number of ether oxygens (including phenoxy) is 2. The van der Waals surface area contributed by atoms with E-state index in [0.29, 0.717) is 55.6 Å². The van der Waals surface area contributed by atoms with Crippen molar-refractivity contribution in [3.63, 3.8) is 0 Å². The number of hydrogen-bond acceptors (Lipinski definition) is 6. The van der Waals surface area contributed by atoms with E-state index in [9.17, 15) is 14.0 Å². The Kier molecular flexibility index (Phi) is 10.7. The van der Waals surface area contributed by atoms with Gasteiger partial charge < -0.3 is 29.7 Å². The number of rotatable bonds is 5. The molecule has 1 atom stereocenters. The molecule has 2 aliphatic heterocycles. The van der Waals surface area contributed by atoms with Crippen molar-refractivity contribution >= 4 is 40.8 Å². The molecular weight excluding hydrogens is 439 g/mol. The van der Waals surface area contributed by atoms with Gasteiger partial charge in [0.25, 0.3) is 0 Å². The summed E-state index contributed by atoms with van der Waals surface area (Å²) in [5, 5.41) is 12.0. The van der Waals surface area contributed by atoms with Crippen molar-refractivity contribution in [3.05, 3.63) is 36.9 Å². The van der Waals surface area contributed by atoms with Crippen molar-refractivity contribution in [2.24, 2.45) is 0 Å². The molecule has 0 aromatic heterocycles. The Balaban J connectivity index is 0.000000945. The van der Waals surface area contributed by atoms with Gasteiger partial charge in [-0.2, -0.15) is 0 Å². The topological polar surface area (TPSA) is 94.6 Å². The van der Waals surface area contributed by atoms with Gasteiger partial charge in [0.15, 0.2) is 0 Å². The van der Waals surface area contributed by atoms with Crippen LogP contribution in [-0.2, 0) is 9.47 Å². The number of anilines is 2. The van der Waals surface area contributed by atoms with Crippen LogP contribution in [0.15, 0.2) is 31.0 Å². The van der Waals surface area contributed by atoms with Crippen LogP contribution in [0.2, 0.25) is 0 Å². The van der Waals surface area contributed by atoms with Gasteiger partial charge >= 0.3 is 12.2 Å². The minimum absolute atomic E-state index is 0. The normalized spacial score (nSPS) is 17.4. The van der Waals surface area contributed by atoms with Crippen molar-refractivity contribution < 1.29 is 28.6 Å². The molecule has 9 nitrogen and oxygen atoms in total. The van der Waals surface area contributed by atoms with Gasteiger partial charge in [-0.25, -0.2) is 14.0 Å². The van der Waals surface area contributed by atoms with Crippen LogP contribution in [0.5, 0.6) is 0 Å². The molecule has 0 unspecified atom stereocenters. The van der Waals surface area contributed by atoms with E-state index in [4.69, 9.17) is 22.1 Å². The average molecular weight is 471 g/mol. The monoisotopic (exact) mass is 470 g/mol. The Hall–Kier alpha value is -3.08. The number of nitrogens with one attached hydrogen (secondary N) is 1. The quantitative estimate of drug-likeness (QED) is 0.500. The Labute approximate surface area is 193 Å². The summed E-state index contributed by atoms with van der Waals surface area (Å²) >= 11 is 4.94. The third-order valence-electron chi connectivity index (χ3n) is 4.75. The van der Waals surface area contributed by atoms with Crippen LogP contribution in [0.4, 0.5) is 25.4 Å². The van der Waals surface area contributed by atoms with Gasteiger partial charge in [-0.05, 0) is 25.1 Å². The number of carbonyl (C=O) groups is 2. The van der Waals surface area contributed by atoms with Crippen LogP contribution in [-0.4, -0.2) is 79.7 Å². The largest absolute Gasteiger partial charge is 0.505 e. The van der Waals surface area contributed by atoms with E-state index in [1.165, 1.54) is 22.1 Å². The van der Waals surface area contributed by atoms with Gasteiger partial charge in [0, 0.05) is 26.2 Å². The number of thiocarbonyl (C=S) groups is 1. The molecule has 0 radical (unpaired) electrons. The maximum atomic E-state index is 14.6. The van der Waals surface area contributed by atoms with Crippen molar-refractivity contribution in [2.45, 2.75) is 20.5 Å². The predicted molar refractivity (Wildman–Crippen MR) is 126 cm³/mol. The number of halogens is 1. The smallest absolute Gasteiger partial charge is 0.414 e. The maximum absolute atomic E-state index is 14.6. The second kappa shape index (κ2) is 12.7. The van der Waals surface area contributed by atoms with E-state index in [-0.39, 0.29) is 13.5 Å². The summed E-state index contributed by atoms with van der Waals surface area (Å²) in [4.78, 5) is 28.2. The molecule has 2 saturated heterocycles. The van der Waals surface area contributed by atoms with E-state index < -0.39 is 18.0 Å². The molecule has 0 spiro atoms. The number of hydrogen-bond donors (Lipinski definition) is 2.